The zero-order chi connectivity index (χ0) is 61.1. The first kappa shape index (κ1) is 79.6. The molecule has 0 spiro atoms. The Kier molecular flexibility index (Phi) is 56.5. The third kappa shape index (κ3) is 53.8. The van der Waals surface area contributed by atoms with E-state index < -0.39 is 102 Å². The fourth-order valence-corrected chi connectivity index (χ4v) is 9.31. The first-order valence-corrected chi connectivity index (χ1v) is 32.7. The summed E-state index contributed by atoms with van der Waals surface area (Å²) in [6, 6.07) is 0. The van der Waals surface area contributed by atoms with Crippen molar-refractivity contribution in [3.8, 4) is 0 Å². The van der Waals surface area contributed by atoms with Gasteiger partial charge in [0.15, 0.2) is 0 Å². The minimum Gasteiger partial charge on any atom is -0.463 e. The highest BCUT2D eigenvalue weighted by molar-refractivity contribution is 7.48. The molecule has 83 heavy (non-hydrogen) atoms. The molecule has 3 unspecified atom stereocenters. The van der Waals surface area contributed by atoms with Crippen LogP contribution in [0.2, 0.25) is 0 Å². The van der Waals surface area contributed by atoms with Gasteiger partial charge in [0, 0.05) is 19.3 Å². The molecule has 0 saturated carbocycles. The van der Waals surface area contributed by atoms with E-state index in [0.717, 1.165) is 116 Å². The standard InChI is InChI=1S/C63H111O19P/c1-4-7-10-13-22-31-40-58(80-70)43-34-25-16-19-28-37-46-61(67)74-49-55(64)52-77-83(73,78-53-56(65)50-75-62(68)47-38-29-20-17-26-35-44-59(81-71)41-32-23-14-11-8-5-2)79-54-57(66)51-76-63(69)48-39-30-21-18-27-36-45-60(82-72)42-33-24-15-12-9-6-3/h22-24,31-36,43-45,55-60,64-66,70-72H,4-21,25-30,37-42,46-54H2,1-3H3/b31-22+,32-23+,33-24+,43-34+,44-35+,45-36+/t55-,56-,57-,58?,59?,60?,83?/m0/s1. The van der Waals surface area contributed by atoms with Crippen molar-refractivity contribution in [1.29, 1.82) is 0 Å². The first-order valence-electron chi connectivity index (χ1n) is 31.2. The van der Waals surface area contributed by atoms with E-state index in [0.29, 0.717) is 38.5 Å². The van der Waals surface area contributed by atoms with Crippen molar-refractivity contribution >= 4 is 25.7 Å². The van der Waals surface area contributed by atoms with Crippen molar-refractivity contribution in [1.82, 2.24) is 0 Å². The van der Waals surface area contributed by atoms with Crippen molar-refractivity contribution in [2.24, 2.45) is 0 Å². The number of phosphoric ester groups is 1. The number of aliphatic hydroxyl groups excluding tert-OH is 3. The lowest BCUT2D eigenvalue weighted by Gasteiger charge is -2.22. The van der Waals surface area contributed by atoms with Gasteiger partial charge in [-0.2, -0.15) is 0 Å². The molecular formula is C63H111O19P. The minimum absolute atomic E-state index is 0.114. The first-order chi connectivity index (χ1) is 40.3. The van der Waals surface area contributed by atoms with Gasteiger partial charge in [0.2, 0.25) is 0 Å². The summed E-state index contributed by atoms with van der Waals surface area (Å²) in [4.78, 5) is 51.0. The van der Waals surface area contributed by atoms with Crippen molar-refractivity contribution in [3.63, 3.8) is 0 Å². The fraction of sp³-hybridized carbons (Fsp3) is 0.762. The Morgan fingerprint density at radius 1 is 0.349 bits per heavy atom. The molecular weight excluding hydrogens is 1090 g/mol. The summed E-state index contributed by atoms with van der Waals surface area (Å²) in [5, 5.41) is 59.3. The number of hydrogen-bond acceptors (Lipinski definition) is 19. The Morgan fingerprint density at radius 2 is 0.602 bits per heavy atom. The molecule has 0 aliphatic rings. The van der Waals surface area contributed by atoms with Gasteiger partial charge in [-0.25, -0.2) is 19.2 Å². The van der Waals surface area contributed by atoms with E-state index >= 15 is 0 Å². The molecule has 6 atom stereocenters. The van der Waals surface area contributed by atoms with E-state index in [1.807, 2.05) is 54.7 Å². The number of carbonyl (C=O) groups is 3. The van der Waals surface area contributed by atoms with Gasteiger partial charge in [0.25, 0.3) is 0 Å². The van der Waals surface area contributed by atoms with Crippen molar-refractivity contribution in [3.05, 3.63) is 72.9 Å². The van der Waals surface area contributed by atoms with E-state index in [1.165, 1.54) is 38.5 Å². The smallest absolute Gasteiger partial charge is 0.463 e. The molecule has 0 aromatic rings. The van der Waals surface area contributed by atoms with Crippen LogP contribution in [-0.4, -0.2) is 125 Å². The monoisotopic (exact) mass is 1200 g/mol. The summed E-state index contributed by atoms with van der Waals surface area (Å²) >= 11 is 0. The van der Waals surface area contributed by atoms with E-state index in [2.05, 4.69) is 53.7 Å². The third-order valence-electron chi connectivity index (χ3n) is 13.1. The maximum atomic E-state index is 13.7. The van der Waals surface area contributed by atoms with Gasteiger partial charge in [-0.1, -0.05) is 171 Å². The number of unbranched alkanes of at least 4 members (excludes halogenated alkanes) is 21. The van der Waals surface area contributed by atoms with Crippen LogP contribution in [0.15, 0.2) is 72.9 Å². The molecule has 0 bridgehead atoms. The molecule has 482 valence electrons. The molecule has 0 aliphatic carbocycles. The summed E-state index contributed by atoms with van der Waals surface area (Å²) in [6.45, 7) is 2.93. The SMILES string of the molecule is CCCCC/C=C/CC(/C=C/CCCCCCC(=O)OC[C@H](O)COP(=O)(OC[C@@H](O)COC(=O)CCCCCC/C=C/C(C/C=C/CCCCC)OO)OC[C@@H](O)COC(=O)CCCCCC/C=C/C(C/C=C/CCCCC)OO)OO. The Bertz CT molecular complexity index is 1560. The maximum absolute atomic E-state index is 13.7. The molecule has 0 heterocycles. The Hall–Kier alpha value is -3.40. The highest BCUT2D eigenvalue weighted by atomic mass is 31.2. The van der Waals surface area contributed by atoms with Gasteiger partial charge in [0.1, 0.15) is 56.4 Å². The number of rotatable bonds is 60. The molecule has 0 aromatic carbocycles. The van der Waals surface area contributed by atoms with Gasteiger partial charge in [0.05, 0.1) is 19.8 Å². The number of ether oxygens (including phenoxy) is 3. The van der Waals surface area contributed by atoms with Crippen molar-refractivity contribution in [2.75, 3.05) is 39.6 Å². The predicted molar refractivity (Wildman–Crippen MR) is 323 cm³/mol. The summed E-state index contributed by atoms with van der Waals surface area (Å²) in [7, 11) is -4.66. The molecule has 6 N–H and O–H groups in total. The van der Waals surface area contributed by atoms with Crippen molar-refractivity contribution < 1.29 is 92.5 Å². The average Bonchev–Trinajstić information content (AvgIpc) is 3.53. The van der Waals surface area contributed by atoms with Crippen LogP contribution < -0.4 is 0 Å². The van der Waals surface area contributed by atoms with Crippen LogP contribution in [0, 0.1) is 0 Å². The van der Waals surface area contributed by atoms with Crippen LogP contribution in [0.1, 0.15) is 233 Å². The van der Waals surface area contributed by atoms with Crippen LogP contribution in [0.25, 0.3) is 0 Å². The number of allylic oxidation sites excluding steroid dienone is 6. The molecule has 0 amide bonds. The second-order valence-corrected chi connectivity index (χ2v) is 22.7. The van der Waals surface area contributed by atoms with Gasteiger partial charge in [-0.05, 0) is 116 Å². The Labute approximate surface area is 498 Å². The van der Waals surface area contributed by atoms with Crippen LogP contribution in [0.3, 0.4) is 0 Å². The zero-order valence-corrected chi connectivity index (χ0v) is 51.8. The molecule has 0 saturated heterocycles. The topological polar surface area (TPSA) is 273 Å². The zero-order valence-electron chi connectivity index (χ0n) is 50.9. The quantitative estimate of drug-likeness (QED) is 0.00628. The lowest BCUT2D eigenvalue weighted by Crippen LogP contribution is -2.27. The maximum Gasteiger partial charge on any atom is 0.475 e. The van der Waals surface area contributed by atoms with Gasteiger partial charge < -0.3 is 29.5 Å². The normalized spacial score (nSPS) is 15.2. The summed E-state index contributed by atoms with van der Waals surface area (Å²) < 4.78 is 45.3. The van der Waals surface area contributed by atoms with Crippen LogP contribution in [0.5, 0.6) is 0 Å². The number of esters is 3. The second kappa shape index (κ2) is 59.0. The molecule has 0 rings (SSSR count). The average molecular weight is 1200 g/mol. The fourth-order valence-electron chi connectivity index (χ4n) is 8.02. The molecule has 20 heteroatoms. The number of aliphatic hydroxyl groups is 3. The van der Waals surface area contributed by atoms with E-state index in [-0.39, 0.29) is 19.3 Å². The number of hydrogen-bond donors (Lipinski definition) is 6. The molecule has 0 aromatic heterocycles. The van der Waals surface area contributed by atoms with Crippen molar-refractivity contribution in [2.45, 2.75) is 269 Å². The second-order valence-electron chi connectivity index (χ2n) is 21.0. The van der Waals surface area contributed by atoms with Crippen LogP contribution in [-0.2, 0) is 61.4 Å². The number of phosphoric acid groups is 1. The van der Waals surface area contributed by atoms with E-state index in [9.17, 15) is 50.0 Å². The number of carbonyl (C=O) groups excluding carboxylic acids is 3. The van der Waals surface area contributed by atoms with Gasteiger partial charge in [-0.15, -0.1) is 0 Å². The predicted octanol–water partition coefficient (Wildman–Crippen LogP) is 14.7. The summed E-state index contributed by atoms with van der Waals surface area (Å²) in [5.41, 5.74) is 0. The molecule has 0 aliphatic heterocycles. The summed E-state index contributed by atoms with van der Waals surface area (Å²) in [6.07, 6.45) is 45.6. The molecule has 0 fully saturated rings. The minimum atomic E-state index is -4.66. The largest absolute Gasteiger partial charge is 0.475 e. The van der Waals surface area contributed by atoms with Gasteiger partial charge in [-0.3, -0.25) is 43.7 Å². The Morgan fingerprint density at radius 3 is 0.867 bits per heavy atom. The Balaban J connectivity index is 4.97. The summed E-state index contributed by atoms with van der Waals surface area (Å²) in [5.74, 6) is -1.64. The van der Waals surface area contributed by atoms with Gasteiger partial charge >= 0.3 is 25.7 Å². The van der Waals surface area contributed by atoms with Crippen LogP contribution in [0.4, 0.5) is 0 Å². The molecule has 0 radical (unpaired) electrons. The van der Waals surface area contributed by atoms with Crippen LogP contribution >= 0.6 is 7.82 Å². The third-order valence-corrected chi connectivity index (χ3v) is 14.5. The lowest BCUT2D eigenvalue weighted by atomic mass is 10.1. The molecule has 19 nitrogen and oxygen atoms in total. The highest BCUT2D eigenvalue weighted by Gasteiger charge is 2.31. The lowest BCUT2D eigenvalue weighted by molar-refractivity contribution is -0.264. The van der Waals surface area contributed by atoms with E-state index in [1.54, 1.807) is 0 Å². The highest BCUT2D eigenvalue weighted by Crippen LogP contribution is 2.49. The van der Waals surface area contributed by atoms with E-state index in [4.69, 9.17) is 27.8 Å².